The fourth-order valence-corrected chi connectivity index (χ4v) is 2.43. The highest BCUT2D eigenvalue weighted by Crippen LogP contribution is 2.39. The van der Waals surface area contributed by atoms with Crippen molar-refractivity contribution in [2.24, 2.45) is 0 Å². The Labute approximate surface area is 87.4 Å². The molecule has 1 N–H and O–H groups in total. The molecule has 3 rings (SSSR count). The van der Waals surface area contributed by atoms with Gasteiger partial charge in [-0.05, 0) is 25.7 Å². The van der Waals surface area contributed by atoms with Crippen LogP contribution in [0.1, 0.15) is 37.4 Å². The molecule has 2 aliphatic rings. The summed E-state index contributed by atoms with van der Waals surface area (Å²) in [5.41, 5.74) is 0. The van der Waals surface area contributed by atoms with E-state index in [1.165, 1.54) is 24.4 Å². The predicted octanol–water partition coefficient (Wildman–Crippen LogP) is 2.55. The number of hydrogen-bond donors (Lipinski definition) is 1. The standard InChI is InChI=1S/C10H13N3S/c1-2-4-8(3-1)11-10-12-9(13-14-10)7-5-6-7/h1-2,7-8H,3-6H2,(H,11,12,13). The topological polar surface area (TPSA) is 37.8 Å². The van der Waals surface area contributed by atoms with Crippen LogP contribution in [0.5, 0.6) is 0 Å². The molecule has 14 heavy (non-hydrogen) atoms. The highest BCUT2D eigenvalue weighted by molar-refractivity contribution is 7.09. The molecule has 74 valence electrons. The largest absolute Gasteiger partial charge is 0.357 e. The van der Waals surface area contributed by atoms with E-state index < -0.39 is 0 Å². The van der Waals surface area contributed by atoms with Crippen LogP contribution in [0.15, 0.2) is 12.2 Å². The molecule has 0 atom stereocenters. The lowest BCUT2D eigenvalue weighted by Gasteiger charge is -2.08. The minimum Gasteiger partial charge on any atom is -0.357 e. The van der Waals surface area contributed by atoms with Crippen molar-refractivity contribution < 1.29 is 0 Å². The van der Waals surface area contributed by atoms with Gasteiger partial charge in [0.2, 0.25) is 5.13 Å². The van der Waals surface area contributed by atoms with Crippen molar-refractivity contribution in [2.75, 3.05) is 5.32 Å². The van der Waals surface area contributed by atoms with Gasteiger partial charge in [-0.1, -0.05) is 12.2 Å². The van der Waals surface area contributed by atoms with Crippen LogP contribution in [0.4, 0.5) is 5.13 Å². The lowest BCUT2D eigenvalue weighted by atomic mass is 10.2. The van der Waals surface area contributed by atoms with Crippen molar-refractivity contribution >= 4 is 16.7 Å². The Kier molecular flexibility index (Phi) is 2.01. The lowest BCUT2D eigenvalue weighted by Crippen LogP contribution is -2.14. The Balaban J connectivity index is 1.64. The fraction of sp³-hybridized carbons (Fsp3) is 0.600. The van der Waals surface area contributed by atoms with Crippen LogP contribution in [-0.2, 0) is 0 Å². The average Bonchev–Trinajstić information content (AvgIpc) is 2.75. The molecule has 0 radical (unpaired) electrons. The minimum atomic E-state index is 0.551. The van der Waals surface area contributed by atoms with Crippen LogP contribution in [0.3, 0.4) is 0 Å². The van der Waals surface area contributed by atoms with Crippen LogP contribution in [-0.4, -0.2) is 15.4 Å². The van der Waals surface area contributed by atoms with E-state index >= 15 is 0 Å². The van der Waals surface area contributed by atoms with Crippen molar-refractivity contribution in [1.82, 2.24) is 9.36 Å². The van der Waals surface area contributed by atoms with E-state index in [1.807, 2.05) is 0 Å². The van der Waals surface area contributed by atoms with E-state index in [2.05, 4.69) is 26.8 Å². The van der Waals surface area contributed by atoms with Gasteiger partial charge in [0.05, 0.1) is 0 Å². The third kappa shape index (κ3) is 1.66. The van der Waals surface area contributed by atoms with Gasteiger partial charge in [-0.15, -0.1) is 0 Å². The summed E-state index contributed by atoms with van der Waals surface area (Å²) in [6.07, 6.45) is 9.25. The van der Waals surface area contributed by atoms with E-state index in [9.17, 15) is 0 Å². The third-order valence-corrected chi connectivity index (χ3v) is 3.38. The smallest absolute Gasteiger partial charge is 0.202 e. The first kappa shape index (κ1) is 8.41. The first-order chi connectivity index (χ1) is 6.92. The molecule has 0 unspecified atom stereocenters. The van der Waals surface area contributed by atoms with Crippen LogP contribution in [0.25, 0.3) is 0 Å². The van der Waals surface area contributed by atoms with Gasteiger partial charge in [0.15, 0.2) is 0 Å². The van der Waals surface area contributed by atoms with Gasteiger partial charge in [0, 0.05) is 23.5 Å². The molecule has 1 fully saturated rings. The van der Waals surface area contributed by atoms with Gasteiger partial charge in [-0.3, -0.25) is 0 Å². The monoisotopic (exact) mass is 207 g/mol. The van der Waals surface area contributed by atoms with E-state index in [0.717, 1.165) is 23.8 Å². The second-order valence-electron chi connectivity index (χ2n) is 4.02. The number of anilines is 1. The molecular weight excluding hydrogens is 194 g/mol. The summed E-state index contributed by atoms with van der Waals surface area (Å²) < 4.78 is 4.37. The summed E-state index contributed by atoms with van der Waals surface area (Å²) in [4.78, 5) is 4.50. The van der Waals surface area contributed by atoms with Crippen LogP contribution in [0.2, 0.25) is 0 Å². The van der Waals surface area contributed by atoms with Gasteiger partial charge >= 0.3 is 0 Å². The molecule has 0 bridgehead atoms. The summed E-state index contributed by atoms with van der Waals surface area (Å²) in [5.74, 6) is 1.73. The summed E-state index contributed by atoms with van der Waals surface area (Å²) in [7, 11) is 0. The molecule has 4 heteroatoms. The van der Waals surface area contributed by atoms with Gasteiger partial charge in [0.25, 0.3) is 0 Å². The number of hydrogen-bond acceptors (Lipinski definition) is 4. The molecule has 0 amide bonds. The third-order valence-electron chi connectivity index (χ3n) is 2.72. The van der Waals surface area contributed by atoms with E-state index in [0.29, 0.717) is 12.0 Å². The normalized spacial score (nSPS) is 21.7. The van der Waals surface area contributed by atoms with E-state index in [1.54, 1.807) is 0 Å². The molecular formula is C10H13N3S. The Morgan fingerprint density at radius 3 is 2.79 bits per heavy atom. The van der Waals surface area contributed by atoms with E-state index in [4.69, 9.17) is 0 Å². The minimum absolute atomic E-state index is 0.551. The Morgan fingerprint density at radius 1 is 1.29 bits per heavy atom. The second kappa shape index (κ2) is 3.35. The maximum Gasteiger partial charge on any atom is 0.202 e. The molecule has 0 spiro atoms. The predicted molar refractivity (Wildman–Crippen MR) is 57.7 cm³/mol. The van der Waals surface area contributed by atoms with Crippen LogP contribution >= 0.6 is 11.5 Å². The second-order valence-corrected chi connectivity index (χ2v) is 4.77. The molecule has 1 aromatic rings. The van der Waals surface area contributed by atoms with Gasteiger partial charge in [0.1, 0.15) is 5.82 Å². The zero-order valence-electron chi connectivity index (χ0n) is 7.94. The number of rotatable bonds is 3. The van der Waals surface area contributed by atoms with Crippen molar-refractivity contribution in [3.63, 3.8) is 0 Å². The average molecular weight is 207 g/mol. The molecule has 1 heterocycles. The maximum absolute atomic E-state index is 4.50. The molecule has 1 aromatic heterocycles. The number of aromatic nitrogens is 2. The zero-order valence-corrected chi connectivity index (χ0v) is 8.76. The summed E-state index contributed by atoms with van der Waals surface area (Å²) in [6.45, 7) is 0. The lowest BCUT2D eigenvalue weighted by molar-refractivity contribution is 0.783. The van der Waals surface area contributed by atoms with Gasteiger partial charge < -0.3 is 5.32 Å². The molecule has 0 aliphatic heterocycles. The van der Waals surface area contributed by atoms with Crippen molar-refractivity contribution in [3.05, 3.63) is 18.0 Å². The van der Waals surface area contributed by atoms with Crippen LogP contribution < -0.4 is 5.32 Å². The van der Waals surface area contributed by atoms with Gasteiger partial charge in [-0.25, -0.2) is 4.98 Å². The summed E-state index contributed by atoms with van der Waals surface area (Å²) >= 11 is 1.50. The first-order valence-corrected chi connectivity index (χ1v) is 5.94. The molecule has 2 aliphatic carbocycles. The van der Waals surface area contributed by atoms with Crippen molar-refractivity contribution in [2.45, 2.75) is 37.6 Å². The SMILES string of the molecule is C1=CCC(Nc2nc(C3CC3)ns2)C1. The highest BCUT2D eigenvalue weighted by atomic mass is 32.1. The number of nitrogens with one attached hydrogen (secondary N) is 1. The zero-order chi connectivity index (χ0) is 9.38. The number of nitrogens with zero attached hydrogens (tertiary/aromatic N) is 2. The molecule has 0 aromatic carbocycles. The molecule has 3 nitrogen and oxygen atoms in total. The molecule has 0 saturated heterocycles. The maximum atomic E-state index is 4.50. The van der Waals surface area contributed by atoms with Gasteiger partial charge in [-0.2, -0.15) is 4.37 Å². The summed E-state index contributed by atoms with van der Waals surface area (Å²) in [6, 6.07) is 0.551. The highest BCUT2D eigenvalue weighted by Gasteiger charge is 2.28. The van der Waals surface area contributed by atoms with Crippen LogP contribution in [0, 0.1) is 0 Å². The van der Waals surface area contributed by atoms with Crippen molar-refractivity contribution in [3.8, 4) is 0 Å². The Bertz CT molecular complexity index is 346. The first-order valence-electron chi connectivity index (χ1n) is 5.17. The van der Waals surface area contributed by atoms with E-state index in [-0.39, 0.29) is 0 Å². The Morgan fingerprint density at radius 2 is 2.07 bits per heavy atom. The quantitative estimate of drug-likeness (QED) is 0.774. The Hall–Kier alpha value is -0.900. The fourth-order valence-electron chi connectivity index (χ4n) is 1.71. The van der Waals surface area contributed by atoms with Crippen molar-refractivity contribution in [1.29, 1.82) is 0 Å². The molecule has 1 saturated carbocycles. The summed E-state index contributed by atoms with van der Waals surface area (Å²) in [5, 5.41) is 4.43.